The molecule has 1 fully saturated rings. The average Bonchev–Trinajstić information content (AvgIpc) is 2.45. The summed E-state index contributed by atoms with van der Waals surface area (Å²) < 4.78 is 5.76. The molecule has 0 amide bonds. The lowest BCUT2D eigenvalue weighted by molar-refractivity contribution is 0.281. The summed E-state index contributed by atoms with van der Waals surface area (Å²) in [4.78, 5) is 8.79. The van der Waals surface area contributed by atoms with Crippen molar-refractivity contribution in [3.05, 3.63) is 18.5 Å². The second kappa shape index (κ2) is 7.31. The monoisotopic (exact) mass is 264 g/mol. The van der Waals surface area contributed by atoms with E-state index in [2.05, 4.69) is 40.3 Å². The molecule has 1 aromatic heterocycles. The van der Waals surface area contributed by atoms with Crippen LogP contribution in [-0.2, 0) is 0 Å². The number of ether oxygens (including phenoxy) is 1. The van der Waals surface area contributed by atoms with Crippen molar-refractivity contribution in [2.45, 2.75) is 6.42 Å². The lowest BCUT2D eigenvalue weighted by Crippen LogP contribution is -2.43. The minimum Gasteiger partial charge on any atom is -0.492 e. The van der Waals surface area contributed by atoms with Gasteiger partial charge < -0.3 is 19.9 Å². The lowest BCUT2D eigenvalue weighted by atomic mass is 10.3. The fraction of sp³-hybridized carbons (Fsp3) is 0.643. The highest BCUT2D eigenvalue weighted by Gasteiger charge is 2.11. The molecule has 0 bridgehead atoms. The number of nitrogens with zero attached hydrogens (tertiary/aromatic N) is 3. The molecule has 1 aliphatic rings. The lowest BCUT2D eigenvalue weighted by Gasteiger charge is -2.29. The van der Waals surface area contributed by atoms with Crippen LogP contribution in [-0.4, -0.2) is 63.3 Å². The Balaban J connectivity index is 1.84. The van der Waals surface area contributed by atoms with E-state index >= 15 is 0 Å². The topological polar surface area (TPSA) is 40.6 Å². The van der Waals surface area contributed by atoms with Crippen molar-refractivity contribution in [1.29, 1.82) is 0 Å². The molecule has 19 heavy (non-hydrogen) atoms. The fourth-order valence-corrected chi connectivity index (χ4v) is 2.15. The molecular formula is C14H24N4O. The molecule has 1 saturated heterocycles. The Bertz CT molecular complexity index is 377. The van der Waals surface area contributed by atoms with Crippen LogP contribution in [0.3, 0.4) is 0 Å². The van der Waals surface area contributed by atoms with Gasteiger partial charge in [-0.1, -0.05) is 0 Å². The summed E-state index contributed by atoms with van der Waals surface area (Å²) in [5.74, 6) is 0.870. The first-order valence-electron chi connectivity index (χ1n) is 6.94. The minimum atomic E-state index is 0.741. The Morgan fingerprint density at radius 1 is 1.32 bits per heavy atom. The van der Waals surface area contributed by atoms with Crippen molar-refractivity contribution in [3.8, 4) is 5.75 Å². The summed E-state index contributed by atoms with van der Waals surface area (Å²) in [7, 11) is 4.15. The molecule has 0 saturated carbocycles. The third-order valence-electron chi connectivity index (χ3n) is 3.20. The molecule has 0 atom stereocenters. The van der Waals surface area contributed by atoms with Gasteiger partial charge in [0.05, 0.1) is 24.7 Å². The van der Waals surface area contributed by atoms with Gasteiger partial charge in [-0.05, 0) is 20.5 Å². The molecule has 5 nitrogen and oxygen atoms in total. The highest BCUT2D eigenvalue weighted by molar-refractivity contribution is 5.48. The van der Waals surface area contributed by atoms with Gasteiger partial charge in [-0.3, -0.25) is 4.98 Å². The van der Waals surface area contributed by atoms with Crippen molar-refractivity contribution in [2.24, 2.45) is 0 Å². The predicted molar refractivity (Wildman–Crippen MR) is 78.0 cm³/mol. The summed E-state index contributed by atoms with van der Waals surface area (Å²) in [5, 5.41) is 3.35. The van der Waals surface area contributed by atoms with E-state index in [-0.39, 0.29) is 0 Å². The summed E-state index contributed by atoms with van der Waals surface area (Å²) in [6.07, 6.45) is 4.74. The van der Waals surface area contributed by atoms with Gasteiger partial charge in [0.1, 0.15) is 5.75 Å². The Morgan fingerprint density at radius 2 is 2.11 bits per heavy atom. The van der Waals surface area contributed by atoms with Crippen LogP contribution in [0.2, 0.25) is 0 Å². The van der Waals surface area contributed by atoms with E-state index in [0.717, 1.165) is 57.2 Å². The first-order chi connectivity index (χ1) is 9.25. The van der Waals surface area contributed by atoms with Gasteiger partial charge in [-0.15, -0.1) is 0 Å². The van der Waals surface area contributed by atoms with Crippen LogP contribution in [0.4, 0.5) is 5.69 Å². The second-order valence-electron chi connectivity index (χ2n) is 5.12. The van der Waals surface area contributed by atoms with Crippen LogP contribution in [0, 0.1) is 0 Å². The summed E-state index contributed by atoms with van der Waals surface area (Å²) in [6, 6.07) is 2.09. The molecule has 1 aliphatic heterocycles. The van der Waals surface area contributed by atoms with Crippen molar-refractivity contribution in [1.82, 2.24) is 15.2 Å². The van der Waals surface area contributed by atoms with Crippen LogP contribution in [0.1, 0.15) is 6.42 Å². The number of hydrogen-bond acceptors (Lipinski definition) is 5. The molecule has 106 valence electrons. The third-order valence-corrected chi connectivity index (χ3v) is 3.20. The SMILES string of the molecule is CN(C)CCCOc1cncc(N2CCNCC2)c1. The van der Waals surface area contributed by atoms with Gasteiger partial charge in [0.2, 0.25) is 0 Å². The molecule has 2 heterocycles. The van der Waals surface area contributed by atoms with Crippen LogP contribution >= 0.6 is 0 Å². The van der Waals surface area contributed by atoms with Gasteiger partial charge in [-0.25, -0.2) is 0 Å². The first kappa shape index (κ1) is 14.1. The van der Waals surface area contributed by atoms with Crippen LogP contribution < -0.4 is 15.0 Å². The zero-order valence-corrected chi connectivity index (χ0v) is 11.9. The standard InChI is InChI=1S/C14H24N4O/c1-17(2)6-3-9-19-14-10-13(11-16-12-14)18-7-4-15-5-8-18/h10-12,15H,3-9H2,1-2H3. The number of hydrogen-bond donors (Lipinski definition) is 1. The maximum absolute atomic E-state index is 5.76. The Kier molecular flexibility index (Phi) is 5.42. The summed E-state index contributed by atoms with van der Waals surface area (Å²) in [5.41, 5.74) is 1.16. The summed E-state index contributed by atoms with van der Waals surface area (Å²) in [6.45, 7) is 5.93. The molecule has 0 aliphatic carbocycles. The molecule has 2 rings (SSSR count). The largest absolute Gasteiger partial charge is 0.492 e. The highest BCUT2D eigenvalue weighted by Crippen LogP contribution is 2.19. The number of aromatic nitrogens is 1. The maximum Gasteiger partial charge on any atom is 0.139 e. The zero-order chi connectivity index (χ0) is 13.5. The predicted octanol–water partition coefficient (Wildman–Crippen LogP) is 0.822. The number of piperazine rings is 1. The number of rotatable bonds is 6. The summed E-state index contributed by atoms with van der Waals surface area (Å²) >= 11 is 0. The van der Waals surface area contributed by atoms with E-state index < -0.39 is 0 Å². The molecule has 0 radical (unpaired) electrons. The second-order valence-corrected chi connectivity index (χ2v) is 5.12. The Morgan fingerprint density at radius 3 is 2.84 bits per heavy atom. The number of pyridine rings is 1. The first-order valence-corrected chi connectivity index (χ1v) is 6.94. The number of anilines is 1. The van der Waals surface area contributed by atoms with Crippen LogP contribution in [0.25, 0.3) is 0 Å². The quantitative estimate of drug-likeness (QED) is 0.771. The van der Waals surface area contributed by atoms with E-state index in [0.29, 0.717) is 0 Å². The maximum atomic E-state index is 5.76. The molecule has 1 aromatic rings. The minimum absolute atomic E-state index is 0.741. The van der Waals surface area contributed by atoms with Crippen molar-refractivity contribution >= 4 is 5.69 Å². The van der Waals surface area contributed by atoms with E-state index in [1.54, 1.807) is 6.20 Å². The smallest absolute Gasteiger partial charge is 0.139 e. The van der Waals surface area contributed by atoms with E-state index in [9.17, 15) is 0 Å². The molecule has 0 unspecified atom stereocenters. The highest BCUT2D eigenvalue weighted by atomic mass is 16.5. The molecule has 0 spiro atoms. The van der Waals surface area contributed by atoms with Gasteiger partial charge in [0, 0.05) is 38.8 Å². The Labute approximate surface area is 115 Å². The van der Waals surface area contributed by atoms with E-state index in [1.165, 1.54) is 0 Å². The zero-order valence-electron chi connectivity index (χ0n) is 11.9. The fourth-order valence-electron chi connectivity index (χ4n) is 2.15. The Hall–Kier alpha value is -1.33. The van der Waals surface area contributed by atoms with Crippen LogP contribution in [0.5, 0.6) is 5.75 Å². The van der Waals surface area contributed by atoms with Gasteiger partial charge in [-0.2, -0.15) is 0 Å². The van der Waals surface area contributed by atoms with Gasteiger partial charge in [0.15, 0.2) is 0 Å². The average molecular weight is 264 g/mol. The van der Waals surface area contributed by atoms with Gasteiger partial charge >= 0.3 is 0 Å². The molecule has 1 N–H and O–H groups in total. The van der Waals surface area contributed by atoms with Gasteiger partial charge in [0.25, 0.3) is 0 Å². The van der Waals surface area contributed by atoms with Crippen LogP contribution in [0.15, 0.2) is 18.5 Å². The molecule has 0 aromatic carbocycles. The molecule has 5 heteroatoms. The molecular weight excluding hydrogens is 240 g/mol. The third kappa shape index (κ3) is 4.69. The number of nitrogens with one attached hydrogen (secondary N) is 1. The van der Waals surface area contributed by atoms with Crippen molar-refractivity contribution < 1.29 is 4.74 Å². The van der Waals surface area contributed by atoms with Crippen molar-refractivity contribution in [3.63, 3.8) is 0 Å². The van der Waals surface area contributed by atoms with Crippen molar-refractivity contribution in [2.75, 3.05) is 58.3 Å². The van der Waals surface area contributed by atoms with E-state index in [1.807, 2.05) is 6.20 Å². The normalized spacial score (nSPS) is 15.8. The van der Waals surface area contributed by atoms with E-state index in [4.69, 9.17) is 4.74 Å².